The summed E-state index contributed by atoms with van der Waals surface area (Å²) >= 11 is 0. The third kappa shape index (κ3) is 4.14. The first-order valence-electron chi connectivity index (χ1n) is 9.25. The quantitative estimate of drug-likeness (QED) is 0.657. The van der Waals surface area contributed by atoms with Crippen molar-refractivity contribution < 1.29 is 22.7 Å². The fourth-order valence-electron chi connectivity index (χ4n) is 3.07. The number of carbonyl (C=O) groups excluding carboxylic acids is 1. The second kappa shape index (κ2) is 8.17. The Balaban J connectivity index is 1.50. The summed E-state index contributed by atoms with van der Waals surface area (Å²) in [7, 11) is -2.16. The number of carbonyl (C=O) groups is 1. The van der Waals surface area contributed by atoms with Crippen LogP contribution in [-0.4, -0.2) is 28.2 Å². The van der Waals surface area contributed by atoms with Gasteiger partial charge in [-0.15, -0.1) is 0 Å². The fourth-order valence-corrected chi connectivity index (χ4v) is 4.13. The van der Waals surface area contributed by atoms with Gasteiger partial charge >= 0.3 is 0 Å². The van der Waals surface area contributed by atoms with Crippen LogP contribution in [0.2, 0.25) is 0 Å². The lowest BCUT2D eigenvalue weighted by Gasteiger charge is -2.17. The zero-order valence-electron chi connectivity index (χ0n) is 16.2. The van der Waals surface area contributed by atoms with Crippen molar-refractivity contribution in [2.75, 3.05) is 18.7 Å². The van der Waals surface area contributed by atoms with Crippen molar-refractivity contribution >= 4 is 21.6 Å². The molecule has 0 fully saturated rings. The molecule has 4 rings (SSSR count). The average molecular weight is 424 g/mol. The SMILES string of the molecule is CN(C(=O)c1cccc(S(=O)(=O)NCc2ccc3c(c2)OCO3)c1)c1ccccc1. The van der Waals surface area contributed by atoms with E-state index in [4.69, 9.17) is 9.47 Å². The maximum Gasteiger partial charge on any atom is 0.258 e. The van der Waals surface area contributed by atoms with E-state index in [1.165, 1.54) is 17.0 Å². The normalized spacial score (nSPS) is 12.6. The Morgan fingerprint density at radius 3 is 2.53 bits per heavy atom. The summed E-state index contributed by atoms with van der Waals surface area (Å²) in [5.41, 5.74) is 1.74. The molecule has 1 N–H and O–H groups in total. The van der Waals surface area contributed by atoms with E-state index in [9.17, 15) is 13.2 Å². The van der Waals surface area contributed by atoms with Gasteiger partial charge in [0.15, 0.2) is 11.5 Å². The monoisotopic (exact) mass is 424 g/mol. The second-order valence-electron chi connectivity index (χ2n) is 6.74. The van der Waals surface area contributed by atoms with E-state index >= 15 is 0 Å². The molecule has 1 heterocycles. The van der Waals surface area contributed by atoms with Gasteiger partial charge in [0, 0.05) is 24.8 Å². The molecule has 0 saturated carbocycles. The molecular weight excluding hydrogens is 404 g/mol. The lowest BCUT2D eigenvalue weighted by Crippen LogP contribution is -2.27. The van der Waals surface area contributed by atoms with Crippen molar-refractivity contribution in [3.8, 4) is 11.5 Å². The predicted molar refractivity (Wildman–Crippen MR) is 112 cm³/mol. The minimum Gasteiger partial charge on any atom is -0.454 e. The van der Waals surface area contributed by atoms with Crippen LogP contribution in [0.15, 0.2) is 77.7 Å². The topological polar surface area (TPSA) is 84.9 Å². The molecule has 3 aromatic rings. The molecule has 0 saturated heterocycles. The molecule has 1 amide bonds. The summed E-state index contributed by atoms with van der Waals surface area (Å²) in [6.45, 7) is 0.240. The number of hydrogen-bond donors (Lipinski definition) is 1. The smallest absolute Gasteiger partial charge is 0.258 e. The number of nitrogens with zero attached hydrogens (tertiary/aromatic N) is 1. The van der Waals surface area contributed by atoms with E-state index in [-0.39, 0.29) is 29.7 Å². The van der Waals surface area contributed by atoms with Gasteiger partial charge in [-0.2, -0.15) is 0 Å². The number of rotatable bonds is 6. The molecule has 0 unspecified atom stereocenters. The summed E-state index contributed by atoms with van der Waals surface area (Å²) < 4.78 is 38.7. The van der Waals surface area contributed by atoms with Crippen LogP contribution in [0, 0.1) is 0 Å². The Morgan fingerprint density at radius 2 is 1.73 bits per heavy atom. The van der Waals surface area contributed by atoms with Gasteiger partial charge < -0.3 is 14.4 Å². The Kier molecular flexibility index (Phi) is 5.43. The molecule has 0 bridgehead atoms. The van der Waals surface area contributed by atoms with Crippen LogP contribution < -0.4 is 19.1 Å². The van der Waals surface area contributed by atoms with Gasteiger partial charge in [0.2, 0.25) is 16.8 Å². The van der Waals surface area contributed by atoms with Gasteiger partial charge in [-0.1, -0.05) is 30.3 Å². The van der Waals surface area contributed by atoms with E-state index in [0.29, 0.717) is 11.5 Å². The van der Waals surface area contributed by atoms with E-state index in [1.54, 1.807) is 37.4 Å². The van der Waals surface area contributed by atoms with Crippen molar-refractivity contribution in [2.24, 2.45) is 0 Å². The van der Waals surface area contributed by atoms with E-state index in [2.05, 4.69) is 4.72 Å². The molecule has 30 heavy (non-hydrogen) atoms. The molecule has 8 heteroatoms. The third-order valence-electron chi connectivity index (χ3n) is 4.74. The summed E-state index contributed by atoms with van der Waals surface area (Å²) in [4.78, 5) is 14.3. The first kappa shape index (κ1) is 19.9. The standard InChI is InChI=1S/C22H20N2O5S/c1-24(18-7-3-2-4-8-18)22(25)17-6-5-9-19(13-17)30(26,27)23-14-16-10-11-20-21(12-16)29-15-28-20/h2-13,23H,14-15H2,1H3. The van der Waals surface area contributed by atoms with E-state index < -0.39 is 10.0 Å². The number of sulfonamides is 1. The Bertz CT molecular complexity index is 1180. The van der Waals surface area contributed by atoms with Crippen molar-refractivity contribution in [1.29, 1.82) is 0 Å². The average Bonchev–Trinajstić information content (AvgIpc) is 3.25. The minimum absolute atomic E-state index is 0.0237. The molecule has 3 aromatic carbocycles. The fraction of sp³-hybridized carbons (Fsp3) is 0.136. The Labute approximate surface area is 174 Å². The molecule has 0 radical (unpaired) electrons. The number of nitrogens with one attached hydrogen (secondary N) is 1. The van der Waals surface area contributed by atoms with Crippen LogP contribution in [0.3, 0.4) is 0 Å². The van der Waals surface area contributed by atoms with Gasteiger partial charge in [-0.3, -0.25) is 4.79 Å². The number of anilines is 1. The van der Waals surface area contributed by atoms with Crippen molar-refractivity contribution in [3.05, 3.63) is 83.9 Å². The Morgan fingerprint density at radius 1 is 0.967 bits per heavy atom. The number of fused-ring (bicyclic) bond motifs is 1. The number of benzene rings is 3. The minimum atomic E-state index is -3.81. The van der Waals surface area contributed by atoms with E-state index in [1.807, 2.05) is 30.3 Å². The van der Waals surface area contributed by atoms with E-state index in [0.717, 1.165) is 11.3 Å². The predicted octanol–water partition coefficient (Wildman–Crippen LogP) is 3.17. The van der Waals surface area contributed by atoms with Crippen LogP contribution >= 0.6 is 0 Å². The van der Waals surface area contributed by atoms with Crippen LogP contribution in [0.4, 0.5) is 5.69 Å². The largest absolute Gasteiger partial charge is 0.454 e. The van der Waals surface area contributed by atoms with Gasteiger partial charge in [0.1, 0.15) is 0 Å². The highest BCUT2D eigenvalue weighted by Gasteiger charge is 2.19. The lowest BCUT2D eigenvalue weighted by atomic mass is 10.2. The van der Waals surface area contributed by atoms with Crippen LogP contribution in [0.1, 0.15) is 15.9 Å². The molecule has 0 aromatic heterocycles. The highest BCUT2D eigenvalue weighted by atomic mass is 32.2. The highest BCUT2D eigenvalue weighted by molar-refractivity contribution is 7.89. The zero-order chi connectivity index (χ0) is 21.1. The van der Waals surface area contributed by atoms with Crippen molar-refractivity contribution in [2.45, 2.75) is 11.4 Å². The molecule has 1 aliphatic heterocycles. The zero-order valence-corrected chi connectivity index (χ0v) is 17.1. The van der Waals surface area contributed by atoms with Crippen LogP contribution in [0.5, 0.6) is 11.5 Å². The lowest BCUT2D eigenvalue weighted by molar-refractivity contribution is 0.0993. The summed E-state index contributed by atoms with van der Waals surface area (Å²) in [5.74, 6) is 0.924. The van der Waals surface area contributed by atoms with Gasteiger partial charge in [-0.25, -0.2) is 13.1 Å². The van der Waals surface area contributed by atoms with Gasteiger partial charge in [0.05, 0.1) is 4.90 Å². The number of hydrogen-bond acceptors (Lipinski definition) is 5. The molecule has 1 aliphatic rings. The van der Waals surface area contributed by atoms with Crippen LogP contribution in [-0.2, 0) is 16.6 Å². The molecule has 0 atom stereocenters. The maximum absolute atomic E-state index is 12.8. The molecule has 154 valence electrons. The Hall–Kier alpha value is -3.36. The van der Waals surface area contributed by atoms with Crippen molar-refractivity contribution in [1.82, 2.24) is 4.72 Å². The van der Waals surface area contributed by atoms with Crippen molar-refractivity contribution in [3.63, 3.8) is 0 Å². The number of ether oxygens (including phenoxy) is 2. The highest BCUT2D eigenvalue weighted by Crippen LogP contribution is 2.32. The summed E-state index contributed by atoms with van der Waals surface area (Å²) in [5, 5.41) is 0. The third-order valence-corrected chi connectivity index (χ3v) is 6.14. The molecule has 0 aliphatic carbocycles. The first-order valence-corrected chi connectivity index (χ1v) is 10.7. The first-order chi connectivity index (χ1) is 14.4. The number of para-hydroxylation sites is 1. The summed E-state index contributed by atoms with van der Waals surface area (Å²) in [6.07, 6.45) is 0. The summed E-state index contributed by atoms with van der Waals surface area (Å²) in [6, 6.07) is 20.4. The van der Waals surface area contributed by atoms with Crippen LogP contribution in [0.25, 0.3) is 0 Å². The molecule has 7 nitrogen and oxygen atoms in total. The molecular formula is C22H20N2O5S. The van der Waals surface area contributed by atoms with Gasteiger partial charge in [0.25, 0.3) is 5.91 Å². The molecule has 0 spiro atoms. The van der Waals surface area contributed by atoms with Gasteiger partial charge in [-0.05, 0) is 48.0 Å². The second-order valence-corrected chi connectivity index (χ2v) is 8.51. The number of amides is 1. The maximum atomic E-state index is 12.8.